The molecule has 0 aliphatic heterocycles. The van der Waals surface area contributed by atoms with E-state index < -0.39 is 0 Å². The quantitative estimate of drug-likeness (QED) is 0.702. The van der Waals surface area contributed by atoms with Crippen molar-refractivity contribution in [1.82, 2.24) is 0 Å². The summed E-state index contributed by atoms with van der Waals surface area (Å²) in [6, 6.07) is 0. The molecule has 0 aromatic carbocycles. The third kappa shape index (κ3) is 2.83. The molecular weight excluding hydrogens is 289 g/mol. The molecule has 2 heteroatoms. The Morgan fingerprint density at radius 2 is 2.25 bits per heavy atom. The Morgan fingerprint density at radius 3 is 2.38 bits per heavy atom. The van der Waals surface area contributed by atoms with Crippen molar-refractivity contribution in [3.63, 3.8) is 0 Å². The molecule has 0 aliphatic carbocycles. The first-order valence-corrected chi connectivity index (χ1v) is 5.48. The third-order valence-electron chi connectivity index (χ3n) is 1.25. The maximum absolute atomic E-state index is 5.08. The van der Waals surface area contributed by atoms with Crippen molar-refractivity contribution in [1.29, 1.82) is 0 Å². The van der Waals surface area contributed by atoms with E-state index in [9.17, 15) is 0 Å². The Bertz CT molecular complexity index is 88.5. The van der Waals surface area contributed by atoms with E-state index in [1.165, 1.54) is 3.08 Å². The molecule has 0 radical (unpaired) electrons. The molecule has 0 aromatic heterocycles. The molecule has 0 saturated carbocycles. The van der Waals surface area contributed by atoms with Gasteiger partial charge in [0.2, 0.25) is 0 Å². The number of allylic oxidation sites excluding steroid dienone is 1. The number of methoxy groups -OCH3 is 1. The third-order valence-corrected chi connectivity index (χ3v) is 5.07. The standard InChI is InChI=1S/C6H11O.Hg/c1-4-5-6(2)7-3;/h4,6H,1-3H3;. The molecule has 1 nitrogen and oxygen atoms in total. The summed E-state index contributed by atoms with van der Waals surface area (Å²) < 4.78 is 6.56. The average molecular weight is 300 g/mol. The molecule has 0 aliphatic rings. The summed E-state index contributed by atoms with van der Waals surface area (Å²) in [5, 5.41) is 0. The van der Waals surface area contributed by atoms with Crippen molar-refractivity contribution in [3.8, 4) is 0 Å². The molecule has 0 heterocycles. The Labute approximate surface area is 67.1 Å². The Kier molecular flexibility index (Phi) is 4.87. The van der Waals surface area contributed by atoms with E-state index in [0.717, 1.165) is 26.1 Å². The van der Waals surface area contributed by atoms with Gasteiger partial charge in [0.05, 0.1) is 0 Å². The number of ether oxygens (including phenoxy) is 1. The van der Waals surface area contributed by atoms with Gasteiger partial charge in [-0.2, -0.15) is 0 Å². The summed E-state index contributed by atoms with van der Waals surface area (Å²) in [6.07, 6.45) is 2.51. The van der Waals surface area contributed by atoms with Crippen LogP contribution in [0.3, 0.4) is 0 Å². The van der Waals surface area contributed by atoms with Crippen molar-refractivity contribution in [2.45, 2.75) is 20.0 Å². The predicted molar refractivity (Wildman–Crippen MR) is 30.2 cm³/mol. The fraction of sp³-hybridized carbons (Fsp3) is 0.667. The summed E-state index contributed by atoms with van der Waals surface area (Å²) in [5.41, 5.74) is 0. The van der Waals surface area contributed by atoms with Gasteiger partial charge in [-0.25, -0.2) is 0 Å². The molecule has 0 rings (SSSR count). The molecule has 0 amide bonds. The van der Waals surface area contributed by atoms with Crippen molar-refractivity contribution in [2.75, 3.05) is 7.11 Å². The van der Waals surface area contributed by atoms with E-state index in [0.29, 0.717) is 6.10 Å². The van der Waals surface area contributed by atoms with Crippen LogP contribution < -0.4 is 0 Å². The second-order valence-electron chi connectivity index (χ2n) is 1.74. The van der Waals surface area contributed by atoms with E-state index in [4.69, 9.17) is 4.74 Å². The molecule has 43 valence electrons. The van der Waals surface area contributed by atoms with Crippen LogP contribution in [0.15, 0.2) is 9.16 Å². The summed E-state index contributed by atoms with van der Waals surface area (Å²) >= 11 is 0.742. The van der Waals surface area contributed by atoms with Gasteiger partial charge in [-0.15, -0.1) is 0 Å². The van der Waals surface area contributed by atoms with E-state index in [1.54, 1.807) is 7.11 Å². The van der Waals surface area contributed by atoms with Crippen molar-refractivity contribution < 1.29 is 30.9 Å². The van der Waals surface area contributed by atoms with Crippen LogP contribution in [0.4, 0.5) is 0 Å². The monoisotopic (exact) mass is 301 g/mol. The predicted octanol–water partition coefficient (Wildman–Crippen LogP) is 1.47. The van der Waals surface area contributed by atoms with Crippen LogP contribution in [0.25, 0.3) is 0 Å². The van der Waals surface area contributed by atoms with Crippen molar-refractivity contribution >= 4 is 0 Å². The van der Waals surface area contributed by atoms with Gasteiger partial charge >= 0.3 is 67.1 Å². The summed E-state index contributed by atoms with van der Waals surface area (Å²) in [5.74, 6) is 0. The van der Waals surface area contributed by atoms with Gasteiger partial charge in [-0.05, 0) is 0 Å². The molecule has 8 heavy (non-hydrogen) atoms. The first-order chi connectivity index (χ1) is 3.72. The molecule has 1 unspecified atom stereocenters. The van der Waals surface area contributed by atoms with Gasteiger partial charge in [-0.1, -0.05) is 0 Å². The fourth-order valence-corrected chi connectivity index (χ4v) is 1.03. The number of hydrogen-bond acceptors (Lipinski definition) is 1. The molecule has 0 N–H and O–H groups in total. The van der Waals surface area contributed by atoms with E-state index in [2.05, 4.69) is 19.9 Å². The Balaban J connectivity index is 3.63. The van der Waals surface area contributed by atoms with Gasteiger partial charge in [0.1, 0.15) is 0 Å². The zero-order valence-electron chi connectivity index (χ0n) is 5.77. The van der Waals surface area contributed by atoms with Crippen LogP contribution in [0, 0.1) is 0 Å². The van der Waals surface area contributed by atoms with Gasteiger partial charge < -0.3 is 0 Å². The Morgan fingerprint density at radius 1 is 1.75 bits per heavy atom. The van der Waals surface area contributed by atoms with Gasteiger partial charge in [-0.3, -0.25) is 0 Å². The molecule has 0 spiro atoms. The molecule has 0 fully saturated rings. The zero-order valence-corrected chi connectivity index (χ0v) is 11.3. The second kappa shape index (κ2) is 4.51. The fourth-order valence-electron chi connectivity index (χ4n) is 0.386. The molecular formula is C6H11HgO. The van der Waals surface area contributed by atoms with E-state index in [1.807, 2.05) is 0 Å². The summed E-state index contributed by atoms with van der Waals surface area (Å²) in [7, 11) is 1.75. The van der Waals surface area contributed by atoms with Crippen LogP contribution in [0.1, 0.15) is 13.8 Å². The average Bonchev–Trinajstić information content (AvgIpc) is 1.84. The Hall–Kier alpha value is 0.635. The topological polar surface area (TPSA) is 9.23 Å². The van der Waals surface area contributed by atoms with Gasteiger partial charge in [0, 0.05) is 0 Å². The van der Waals surface area contributed by atoms with E-state index in [-0.39, 0.29) is 0 Å². The van der Waals surface area contributed by atoms with Crippen LogP contribution >= 0.6 is 0 Å². The van der Waals surface area contributed by atoms with Crippen LogP contribution in [-0.2, 0) is 30.9 Å². The second-order valence-corrected chi connectivity index (χ2v) is 4.92. The van der Waals surface area contributed by atoms with Gasteiger partial charge in [0.25, 0.3) is 0 Å². The van der Waals surface area contributed by atoms with Crippen LogP contribution in [-0.4, -0.2) is 13.2 Å². The van der Waals surface area contributed by atoms with Gasteiger partial charge in [0.15, 0.2) is 0 Å². The van der Waals surface area contributed by atoms with E-state index >= 15 is 0 Å². The minimum atomic E-state index is 0.364. The SMILES string of the molecule is C/C=[C](\[Hg])C(C)OC. The minimum absolute atomic E-state index is 0.364. The number of hydrogen-bond donors (Lipinski definition) is 0. The summed E-state index contributed by atoms with van der Waals surface area (Å²) in [4.78, 5) is 0. The van der Waals surface area contributed by atoms with Crippen LogP contribution in [0.2, 0.25) is 0 Å². The zero-order chi connectivity index (χ0) is 6.57. The maximum atomic E-state index is 5.08. The number of rotatable bonds is 2. The molecule has 0 bridgehead atoms. The normalized spacial score (nSPS) is 16.4. The van der Waals surface area contributed by atoms with Crippen molar-refractivity contribution in [3.05, 3.63) is 9.16 Å². The molecule has 1 atom stereocenters. The summed E-state index contributed by atoms with van der Waals surface area (Å²) in [6.45, 7) is 4.15. The molecule has 0 aromatic rings. The first-order valence-electron chi connectivity index (χ1n) is 2.73. The van der Waals surface area contributed by atoms with Crippen LogP contribution in [0.5, 0.6) is 0 Å². The van der Waals surface area contributed by atoms with Crippen molar-refractivity contribution in [2.24, 2.45) is 0 Å². The first kappa shape index (κ1) is 8.64. The molecule has 0 saturated heterocycles.